The smallest absolute Gasteiger partial charge is 0.147 e. The fourth-order valence-electron chi connectivity index (χ4n) is 1.52. The highest BCUT2D eigenvalue weighted by Gasteiger charge is 2.06. The molecule has 4 heteroatoms. The van der Waals surface area contributed by atoms with Crippen LogP contribution in [0.4, 0.5) is 0 Å². The molecule has 0 aliphatic rings. The van der Waals surface area contributed by atoms with Crippen molar-refractivity contribution in [2.75, 3.05) is 5.75 Å². The van der Waals surface area contributed by atoms with Crippen LogP contribution in [0.15, 0.2) is 47.6 Å². The number of hydrogen-bond donors (Lipinski definition) is 0. The van der Waals surface area contributed by atoms with Gasteiger partial charge in [0.25, 0.3) is 0 Å². The van der Waals surface area contributed by atoms with E-state index in [1.807, 2.05) is 43.6 Å². The number of rotatable bonds is 5. The van der Waals surface area contributed by atoms with Crippen molar-refractivity contribution in [1.29, 1.82) is 0 Å². The van der Waals surface area contributed by atoms with Gasteiger partial charge in [-0.3, -0.25) is 9.48 Å². The summed E-state index contributed by atoms with van der Waals surface area (Å²) in [5.41, 5.74) is 0.978. The molecule has 1 aromatic heterocycles. The van der Waals surface area contributed by atoms with E-state index in [-0.39, 0.29) is 5.78 Å². The summed E-state index contributed by atoms with van der Waals surface area (Å²) in [7, 11) is 1.85. The number of hydrogen-bond acceptors (Lipinski definition) is 3. The number of benzene rings is 1. The molecule has 0 aliphatic heterocycles. The third-order valence-electron chi connectivity index (χ3n) is 2.30. The van der Waals surface area contributed by atoms with Crippen LogP contribution >= 0.6 is 11.8 Å². The highest BCUT2D eigenvalue weighted by Crippen LogP contribution is 2.17. The largest absolute Gasteiger partial charge is 0.298 e. The Bertz CT molecular complexity index is 493. The van der Waals surface area contributed by atoms with Crippen LogP contribution in [0, 0.1) is 0 Å². The normalized spacial score (nSPS) is 10.4. The van der Waals surface area contributed by atoms with E-state index in [0.717, 1.165) is 10.5 Å². The van der Waals surface area contributed by atoms with E-state index in [1.54, 1.807) is 22.6 Å². The molecule has 0 atom stereocenters. The Balaban J connectivity index is 1.82. The van der Waals surface area contributed by atoms with Gasteiger partial charge in [0.05, 0.1) is 11.9 Å². The quantitative estimate of drug-likeness (QED) is 0.759. The van der Waals surface area contributed by atoms with Crippen molar-refractivity contribution in [1.82, 2.24) is 9.78 Å². The highest BCUT2D eigenvalue weighted by molar-refractivity contribution is 8.00. The Morgan fingerprint density at radius 2 is 2.12 bits per heavy atom. The Morgan fingerprint density at radius 3 is 2.76 bits per heavy atom. The van der Waals surface area contributed by atoms with Gasteiger partial charge in [-0.05, 0) is 17.7 Å². The molecule has 1 aromatic carbocycles. The minimum absolute atomic E-state index is 0.229. The molecule has 0 aliphatic carbocycles. The number of aryl methyl sites for hydroxylation is 1. The summed E-state index contributed by atoms with van der Waals surface area (Å²) in [5, 5.41) is 4.05. The summed E-state index contributed by atoms with van der Waals surface area (Å²) in [4.78, 5) is 12.9. The fourth-order valence-corrected chi connectivity index (χ4v) is 2.30. The number of ketones is 1. The maximum Gasteiger partial charge on any atom is 0.147 e. The molecule has 0 spiro atoms. The summed E-state index contributed by atoms with van der Waals surface area (Å²) in [5.74, 6) is 0.741. The molecule has 1 heterocycles. The third kappa shape index (κ3) is 3.75. The predicted molar refractivity (Wildman–Crippen MR) is 69.1 cm³/mol. The summed E-state index contributed by atoms with van der Waals surface area (Å²) in [6.45, 7) is 0. The molecule has 88 valence electrons. The van der Waals surface area contributed by atoms with Gasteiger partial charge in [-0.2, -0.15) is 5.10 Å². The first kappa shape index (κ1) is 11.9. The van der Waals surface area contributed by atoms with Crippen LogP contribution in [0.2, 0.25) is 0 Å². The van der Waals surface area contributed by atoms with Crippen molar-refractivity contribution >= 4 is 17.5 Å². The van der Waals surface area contributed by atoms with Gasteiger partial charge in [0.2, 0.25) is 0 Å². The lowest BCUT2D eigenvalue weighted by molar-refractivity contribution is -0.116. The topological polar surface area (TPSA) is 34.9 Å². The van der Waals surface area contributed by atoms with E-state index in [0.29, 0.717) is 12.2 Å². The monoisotopic (exact) mass is 246 g/mol. The summed E-state index contributed by atoms with van der Waals surface area (Å²) >= 11 is 1.58. The van der Waals surface area contributed by atoms with Gasteiger partial charge >= 0.3 is 0 Å². The van der Waals surface area contributed by atoms with Crippen LogP contribution < -0.4 is 0 Å². The minimum atomic E-state index is 0.229. The SMILES string of the molecule is Cn1cc(CC(=O)CSc2ccccc2)cn1. The molecule has 0 fully saturated rings. The maximum absolute atomic E-state index is 11.7. The van der Waals surface area contributed by atoms with Crippen LogP contribution in [-0.4, -0.2) is 21.3 Å². The molecular weight excluding hydrogens is 232 g/mol. The Kier molecular flexibility index (Phi) is 3.98. The Labute approximate surface area is 105 Å². The minimum Gasteiger partial charge on any atom is -0.298 e. The van der Waals surface area contributed by atoms with Gasteiger partial charge in [0, 0.05) is 24.6 Å². The summed E-state index contributed by atoms with van der Waals surface area (Å²) < 4.78 is 1.72. The molecule has 0 amide bonds. The van der Waals surface area contributed by atoms with E-state index >= 15 is 0 Å². The van der Waals surface area contributed by atoms with Crippen molar-refractivity contribution in [2.45, 2.75) is 11.3 Å². The zero-order chi connectivity index (χ0) is 12.1. The van der Waals surface area contributed by atoms with Gasteiger partial charge in [-0.25, -0.2) is 0 Å². The second-order valence-corrected chi connectivity index (χ2v) is 4.89. The molecule has 0 saturated carbocycles. The van der Waals surface area contributed by atoms with Crippen LogP contribution in [0.5, 0.6) is 0 Å². The predicted octanol–water partition coefficient (Wildman–Crippen LogP) is 2.32. The van der Waals surface area contributed by atoms with Gasteiger partial charge in [-0.1, -0.05) is 18.2 Å². The fraction of sp³-hybridized carbons (Fsp3) is 0.231. The molecule has 0 saturated heterocycles. The number of carbonyl (C=O) groups is 1. The van der Waals surface area contributed by atoms with Crippen molar-refractivity contribution in [3.8, 4) is 0 Å². The number of aromatic nitrogens is 2. The lowest BCUT2D eigenvalue weighted by Gasteiger charge is -1.99. The molecule has 0 bridgehead atoms. The first-order valence-electron chi connectivity index (χ1n) is 5.41. The lowest BCUT2D eigenvalue weighted by Crippen LogP contribution is -2.04. The first-order chi connectivity index (χ1) is 8.24. The van der Waals surface area contributed by atoms with Crippen molar-refractivity contribution in [3.63, 3.8) is 0 Å². The van der Waals surface area contributed by atoms with E-state index in [1.165, 1.54) is 0 Å². The van der Waals surface area contributed by atoms with Gasteiger partial charge < -0.3 is 0 Å². The number of Topliss-reactive ketones (excluding diaryl/α,β-unsaturated/α-hetero) is 1. The molecule has 2 aromatic rings. The molecular formula is C13H14N2OS. The van der Waals surface area contributed by atoms with Gasteiger partial charge in [0.15, 0.2) is 0 Å². The maximum atomic E-state index is 11.7. The Morgan fingerprint density at radius 1 is 1.35 bits per heavy atom. The van der Waals surface area contributed by atoms with Crippen LogP contribution in [0.3, 0.4) is 0 Å². The Hall–Kier alpha value is -1.55. The number of thioether (sulfide) groups is 1. The molecule has 17 heavy (non-hydrogen) atoms. The average molecular weight is 246 g/mol. The summed E-state index contributed by atoms with van der Waals surface area (Å²) in [6.07, 6.45) is 4.09. The summed E-state index contributed by atoms with van der Waals surface area (Å²) in [6, 6.07) is 9.97. The standard InChI is InChI=1S/C13H14N2OS/c1-15-9-11(8-14-15)7-12(16)10-17-13-5-3-2-4-6-13/h2-6,8-9H,7,10H2,1H3. The van der Waals surface area contributed by atoms with Crippen LogP contribution in [0.1, 0.15) is 5.56 Å². The zero-order valence-electron chi connectivity index (χ0n) is 9.67. The zero-order valence-corrected chi connectivity index (χ0v) is 10.5. The van der Waals surface area contributed by atoms with E-state index < -0.39 is 0 Å². The van der Waals surface area contributed by atoms with Gasteiger partial charge in [0.1, 0.15) is 5.78 Å². The van der Waals surface area contributed by atoms with Crippen LogP contribution in [0.25, 0.3) is 0 Å². The van der Waals surface area contributed by atoms with Crippen molar-refractivity contribution in [2.24, 2.45) is 7.05 Å². The first-order valence-corrected chi connectivity index (χ1v) is 6.39. The van der Waals surface area contributed by atoms with Crippen LogP contribution in [-0.2, 0) is 18.3 Å². The highest BCUT2D eigenvalue weighted by atomic mass is 32.2. The molecule has 3 nitrogen and oxygen atoms in total. The second-order valence-electron chi connectivity index (χ2n) is 3.84. The molecule has 0 radical (unpaired) electrons. The van der Waals surface area contributed by atoms with Crippen molar-refractivity contribution < 1.29 is 4.79 Å². The molecule has 0 unspecified atom stereocenters. The second kappa shape index (κ2) is 5.68. The van der Waals surface area contributed by atoms with Crippen molar-refractivity contribution in [3.05, 3.63) is 48.3 Å². The number of nitrogens with zero attached hydrogens (tertiary/aromatic N) is 2. The average Bonchev–Trinajstić information content (AvgIpc) is 2.73. The van der Waals surface area contributed by atoms with E-state index in [2.05, 4.69) is 5.10 Å². The lowest BCUT2D eigenvalue weighted by atomic mass is 10.2. The van der Waals surface area contributed by atoms with E-state index in [9.17, 15) is 4.79 Å². The van der Waals surface area contributed by atoms with E-state index in [4.69, 9.17) is 0 Å². The third-order valence-corrected chi connectivity index (χ3v) is 3.37. The van der Waals surface area contributed by atoms with Gasteiger partial charge in [-0.15, -0.1) is 11.8 Å². The molecule has 0 N–H and O–H groups in total. The number of carbonyl (C=O) groups excluding carboxylic acids is 1. The molecule has 2 rings (SSSR count).